The molecule has 0 aliphatic heterocycles. The maximum Gasteiger partial charge on any atom is 0.290 e. The van der Waals surface area contributed by atoms with Gasteiger partial charge in [0.25, 0.3) is 5.91 Å². The number of amides is 2. The maximum atomic E-state index is 13.9. The van der Waals surface area contributed by atoms with Gasteiger partial charge in [0.15, 0.2) is 17.3 Å². The fourth-order valence-electron chi connectivity index (χ4n) is 4.81. The summed E-state index contributed by atoms with van der Waals surface area (Å²) >= 11 is 0. The summed E-state index contributed by atoms with van der Waals surface area (Å²) in [5.74, 6) is 0.704. The third-order valence-corrected chi connectivity index (χ3v) is 6.71. The van der Waals surface area contributed by atoms with Gasteiger partial charge in [-0.15, -0.1) is 0 Å². The van der Waals surface area contributed by atoms with Gasteiger partial charge in [-0.3, -0.25) is 9.59 Å². The van der Waals surface area contributed by atoms with E-state index in [2.05, 4.69) is 5.32 Å². The van der Waals surface area contributed by atoms with Crippen LogP contribution in [0, 0.1) is 0 Å². The lowest BCUT2D eigenvalue weighted by Gasteiger charge is -2.33. The number of nitrogens with one attached hydrogen (secondary N) is 1. The zero-order valence-corrected chi connectivity index (χ0v) is 20.9. The van der Waals surface area contributed by atoms with Crippen LogP contribution in [-0.2, 0) is 11.2 Å². The Morgan fingerprint density at radius 3 is 2.39 bits per heavy atom. The molecule has 1 saturated carbocycles. The van der Waals surface area contributed by atoms with Crippen LogP contribution in [0.15, 0.2) is 71.3 Å². The molecule has 1 aliphatic rings. The van der Waals surface area contributed by atoms with Crippen LogP contribution < -0.4 is 14.8 Å². The summed E-state index contributed by atoms with van der Waals surface area (Å²) in [6.45, 7) is 0.334. The highest BCUT2D eigenvalue weighted by Gasteiger charge is 2.34. The van der Waals surface area contributed by atoms with Crippen LogP contribution in [0.1, 0.15) is 59.8 Å². The van der Waals surface area contributed by atoms with E-state index in [9.17, 15) is 9.59 Å². The molecular weight excluding hydrogens is 456 g/mol. The quantitative estimate of drug-likeness (QED) is 0.424. The summed E-state index contributed by atoms with van der Waals surface area (Å²) in [6, 6.07) is 17.8. The van der Waals surface area contributed by atoms with E-state index in [0.29, 0.717) is 30.0 Å². The molecule has 0 unspecified atom stereocenters. The first-order valence-corrected chi connectivity index (χ1v) is 12.5. The molecule has 4 rings (SSSR count). The predicted octanol–water partition coefficient (Wildman–Crippen LogP) is 5.17. The average Bonchev–Trinajstić information content (AvgIpc) is 3.46. The Morgan fingerprint density at radius 1 is 0.972 bits per heavy atom. The normalized spacial score (nSPS) is 14.6. The van der Waals surface area contributed by atoms with Gasteiger partial charge in [-0.05, 0) is 54.7 Å². The zero-order valence-electron chi connectivity index (χ0n) is 20.9. The van der Waals surface area contributed by atoms with Gasteiger partial charge in [-0.25, -0.2) is 0 Å². The molecule has 1 aliphatic carbocycles. The lowest BCUT2D eigenvalue weighted by Crippen LogP contribution is -2.47. The van der Waals surface area contributed by atoms with Crippen molar-refractivity contribution in [2.24, 2.45) is 0 Å². The van der Waals surface area contributed by atoms with E-state index in [1.807, 2.05) is 36.4 Å². The molecule has 7 nitrogen and oxygen atoms in total. The first-order chi connectivity index (χ1) is 17.6. The lowest BCUT2D eigenvalue weighted by molar-refractivity contribution is -0.126. The van der Waals surface area contributed by atoms with E-state index in [1.54, 1.807) is 43.4 Å². The fourth-order valence-corrected chi connectivity index (χ4v) is 4.81. The molecule has 190 valence electrons. The van der Waals surface area contributed by atoms with Crippen LogP contribution in [0.2, 0.25) is 0 Å². The molecule has 3 aromatic rings. The molecule has 7 heteroatoms. The topological polar surface area (TPSA) is 81.0 Å². The maximum absolute atomic E-state index is 13.9. The SMILES string of the molecule is COc1ccc([C@@H](C(=O)NC2CCCCC2)N(CCc2ccccc2)C(=O)c2ccco2)cc1OC. The zero-order chi connectivity index (χ0) is 25.3. The number of benzene rings is 2. The number of carbonyl (C=O) groups is 2. The summed E-state index contributed by atoms with van der Waals surface area (Å²) < 4.78 is 16.4. The molecule has 36 heavy (non-hydrogen) atoms. The molecule has 1 heterocycles. The minimum absolute atomic E-state index is 0.101. The van der Waals surface area contributed by atoms with Crippen LogP contribution in [0.4, 0.5) is 0 Å². The number of hydrogen-bond donors (Lipinski definition) is 1. The summed E-state index contributed by atoms with van der Waals surface area (Å²) in [6.07, 6.45) is 7.32. The van der Waals surface area contributed by atoms with E-state index in [4.69, 9.17) is 13.9 Å². The van der Waals surface area contributed by atoms with Crippen molar-refractivity contribution in [2.75, 3.05) is 20.8 Å². The second-order valence-corrected chi connectivity index (χ2v) is 9.07. The van der Waals surface area contributed by atoms with Gasteiger partial charge in [-0.2, -0.15) is 0 Å². The number of nitrogens with zero attached hydrogens (tertiary/aromatic N) is 1. The van der Waals surface area contributed by atoms with Crippen molar-refractivity contribution in [3.8, 4) is 11.5 Å². The molecule has 1 N–H and O–H groups in total. The second-order valence-electron chi connectivity index (χ2n) is 9.07. The van der Waals surface area contributed by atoms with E-state index >= 15 is 0 Å². The molecule has 2 aromatic carbocycles. The highest BCUT2D eigenvalue weighted by Crippen LogP contribution is 2.33. The standard InChI is InChI=1S/C29H34N2O5/c1-34-24-16-15-22(20-26(24)35-2)27(28(32)30-23-12-7-4-8-13-23)31(29(33)25-14-9-19-36-25)18-17-21-10-5-3-6-11-21/h3,5-6,9-11,14-16,19-20,23,27H,4,7-8,12-13,17-18H2,1-2H3,(H,30,32)/t27-/m0/s1. The Balaban J connectivity index is 1.72. The van der Waals surface area contributed by atoms with Crippen molar-refractivity contribution < 1.29 is 23.5 Å². The van der Waals surface area contributed by atoms with Gasteiger partial charge in [-0.1, -0.05) is 55.7 Å². The average molecular weight is 491 g/mol. The lowest BCUT2D eigenvalue weighted by atomic mass is 9.94. The number of ether oxygens (including phenoxy) is 2. The van der Waals surface area contributed by atoms with Crippen LogP contribution in [-0.4, -0.2) is 43.5 Å². The van der Waals surface area contributed by atoms with Crippen molar-refractivity contribution in [1.82, 2.24) is 10.2 Å². The highest BCUT2D eigenvalue weighted by molar-refractivity contribution is 5.96. The van der Waals surface area contributed by atoms with Gasteiger partial charge < -0.3 is 24.1 Å². The Hall–Kier alpha value is -3.74. The number of rotatable bonds is 10. The van der Waals surface area contributed by atoms with Crippen LogP contribution in [0.3, 0.4) is 0 Å². The monoisotopic (exact) mass is 490 g/mol. The summed E-state index contributed by atoms with van der Waals surface area (Å²) in [7, 11) is 3.12. The van der Waals surface area contributed by atoms with E-state index < -0.39 is 6.04 Å². The van der Waals surface area contributed by atoms with Crippen molar-refractivity contribution >= 4 is 11.8 Å². The molecule has 1 fully saturated rings. The van der Waals surface area contributed by atoms with Crippen molar-refractivity contribution in [3.05, 3.63) is 83.8 Å². The molecule has 0 radical (unpaired) electrons. The molecule has 0 spiro atoms. The van der Waals surface area contributed by atoms with Crippen LogP contribution in [0.5, 0.6) is 11.5 Å². The third-order valence-electron chi connectivity index (χ3n) is 6.71. The predicted molar refractivity (Wildman–Crippen MR) is 137 cm³/mol. The minimum Gasteiger partial charge on any atom is -0.493 e. The van der Waals surface area contributed by atoms with Crippen LogP contribution >= 0.6 is 0 Å². The minimum atomic E-state index is -0.868. The number of furan rings is 1. The smallest absolute Gasteiger partial charge is 0.290 e. The second kappa shape index (κ2) is 12.3. The van der Waals surface area contributed by atoms with Gasteiger partial charge in [0.05, 0.1) is 20.5 Å². The molecule has 0 bridgehead atoms. The molecule has 1 atom stereocenters. The summed E-state index contributed by atoms with van der Waals surface area (Å²) in [5.41, 5.74) is 1.72. The molecule has 1 aromatic heterocycles. The van der Waals surface area contributed by atoms with Gasteiger partial charge in [0.2, 0.25) is 5.91 Å². The Morgan fingerprint density at radius 2 is 1.72 bits per heavy atom. The van der Waals surface area contributed by atoms with E-state index in [-0.39, 0.29) is 23.6 Å². The first-order valence-electron chi connectivity index (χ1n) is 12.5. The number of methoxy groups -OCH3 is 2. The van der Waals surface area contributed by atoms with Crippen molar-refractivity contribution in [3.63, 3.8) is 0 Å². The number of carbonyl (C=O) groups excluding carboxylic acids is 2. The van der Waals surface area contributed by atoms with Crippen molar-refractivity contribution in [1.29, 1.82) is 0 Å². The van der Waals surface area contributed by atoms with Gasteiger partial charge in [0.1, 0.15) is 6.04 Å². The number of hydrogen-bond acceptors (Lipinski definition) is 5. The van der Waals surface area contributed by atoms with Gasteiger partial charge in [0, 0.05) is 12.6 Å². The fraction of sp³-hybridized carbons (Fsp3) is 0.379. The first kappa shape index (κ1) is 25.4. The van der Waals surface area contributed by atoms with E-state index in [1.165, 1.54) is 12.7 Å². The molecule has 2 amide bonds. The van der Waals surface area contributed by atoms with E-state index in [0.717, 1.165) is 31.2 Å². The Bertz CT molecular complexity index is 1120. The molecular formula is C29H34N2O5. The largest absolute Gasteiger partial charge is 0.493 e. The summed E-state index contributed by atoms with van der Waals surface area (Å²) in [4.78, 5) is 29.2. The highest BCUT2D eigenvalue weighted by atomic mass is 16.5. The Kier molecular flexibility index (Phi) is 8.66. The molecule has 0 saturated heterocycles. The van der Waals surface area contributed by atoms with Gasteiger partial charge >= 0.3 is 0 Å². The van der Waals surface area contributed by atoms with Crippen LogP contribution in [0.25, 0.3) is 0 Å². The van der Waals surface area contributed by atoms with Crippen molar-refractivity contribution in [2.45, 2.75) is 50.6 Å². The Labute approximate surface area is 212 Å². The summed E-state index contributed by atoms with van der Waals surface area (Å²) in [5, 5.41) is 3.23. The third kappa shape index (κ3) is 6.08.